The van der Waals surface area contributed by atoms with Crippen LogP contribution >= 0.6 is 15.9 Å². The molecule has 21 heavy (non-hydrogen) atoms. The molecule has 2 N–H and O–H groups in total. The minimum absolute atomic E-state index is 0.0437. The van der Waals surface area contributed by atoms with Crippen LogP contribution in [0.1, 0.15) is 19.8 Å². The molecule has 2 rings (SSSR count). The number of amides is 2. The molecule has 2 unspecified atom stereocenters. The van der Waals surface area contributed by atoms with E-state index in [4.69, 9.17) is 0 Å². The fourth-order valence-corrected chi connectivity index (χ4v) is 2.73. The maximum absolute atomic E-state index is 12.4. The molecule has 4 nitrogen and oxygen atoms in total. The van der Waals surface area contributed by atoms with E-state index in [1.54, 1.807) is 0 Å². The van der Waals surface area contributed by atoms with Gasteiger partial charge in [0.1, 0.15) is 0 Å². The molecule has 5 heteroatoms. The number of nitrogens with one attached hydrogen (secondary N) is 2. The third-order valence-corrected chi connectivity index (χ3v) is 4.10. The van der Waals surface area contributed by atoms with Crippen LogP contribution in [0.3, 0.4) is 0 Å². The van der Waals surface area contributed by atoms with Crippen LogP contribution in [0.2, 0.25) is 0 Å². The first kappa shape index (κ1) is 15.8. The molecule has 1 aliphatic rings. The van der Waals surface area contributed by atoms with Gasteiger partial charge in [-0.15, -0.1) is 0 Å². The van der Waals surface area contributed by atoms with Crippen molar-refractivity contribution in [2.75, 3.05) is 11.9 Å². The van der Waals surface area contributed by atoms with E-state index < -0.39 is 0 Å². The van der Waals surface area contributed by atoms with Gasteiger partial charge in [0.25, 0.3) is 0 Å². The molecule has 0 fully saturated rings. The largest absolute Gasteiger partial charge is 0.356 e. The van der Waals surface area contributed by atoms with Crippen molar-refractivity contribution in [3.05, 3.63) is 40.9 Å². The first-order valence-corrected chi connectivity index (χ1v) is 7.90. The van der Waals surface area contributed by atoms with Crippen LogP contribution in [0.5, 0.6) is 0 Å². The van der Waals surface area contributed by atoms with Crippen LogP contribution in [0.25, 0.3) is 0 Å². The van der Waals surface area contributed by atoms with E-state index >= 15 is 0 Å². The van der Waals surface area contributed by atoms with Crippen LogP contribution in [0.15, 0.2) is 40.9 Å². The van der Waals surface area contributed by atoms with Crippen LogP contribution in [0, 0.1) is 11.8 Å². The first-order valence-electron chi connectivity index (χ1n) is 7.11. The summed E-state index contributed by atoms with van der Waals surface area (Å²) >= 11 is 3.36. The minimum Gasteiger partial charge on any atom is -0.356 e. The number of rotatable bonds is 4. The summed E-state index contributed by atoms with van der Waals surface area (Å²) in [6, 6.07) is 7.42. The van der Waals surface area contributed by atoms with Crippen LogP contribution < -0.4 is 10.6 Å². The van der Waals surface area contributed by atoms with E-state index in [2.05, 4.69) is 26.6 Å². The first-order chi connectivity index (χ1) is 10.1. The van der Waals surface area contributed by atoms with Crippen molar-refractivity contribution < 1.29 is 9.59 Å². The number of carbonyl (C=O) groups excluding carboxylic acids is 2. The summed E-state index contributed by atoms with van der Waals surface area (Å²) in [6.07, 6.45) is 5.17. The van der Waals surface area contributed by atoms with E-state index in [1.807, 2.05) is 43.3 Å². The zero-order valence-corrected chi connectivity index (χ0v) is 13.5. The molecule has 0 aliphatic heterocycles. The number of anilines is 1. The van der Waals surface area contributed by atoms with Gasteiger partial charge in [0.15, 0.2) is 0 Å². The Morgan fingerprint density at radius 3 is 2.24 bits per heavy atom. The smallest absolute Gasteiger partial charge is 0.228 e. The monoisotopic (exact) mass is 350 g/mol. The average Bonchev–Trinajstić information content (AvgIpc) is 2.50. The SMILES string of the molecule is CCNC(=O)C1CC=CCC1C(=O)Nc1ccc(Br)cc1. The number of halogens is 1. The van der Waals surface area contributed by atoms with Gasteiger partial charge in [-0.3, -0.25) is 9.59 Å². The molecular formula is C16H19BrN2O2. The van der Waals surface area contributed by atoms with Gasteiger partial charge >= 0.3 is 0 Å². The van der Waals surface area contributed by atoms with Crippen molar-refractivity contribution in [3.8, 4) is 0 Å². The fourth-order valence-electron chi connectivity index (χ4n) is 2.47. The quantitative estimate of drug-likeness (QED) is 0.819. The Kier molecular flexibility index (Phi) is 5.56. The zero-order chi connectivity index (χ0) is 15.2. The Hall–Kier alpha value is -1.62. The second kappa shape index (κ2) is 7.41. The van der Waals surface area contributed by atoms with Crippen LogP contribution in [-0.4, -0.2) is 18.4 Å². The van der Waals surface area contributed by atoms with Gasteiger partial charge in [0, 0.05) is 16.7 Å². The molecular weight excluding hydrogens is 332 g/mol. The van der Waals surface area contributed by atoms with Gasteiger partial charge in [-0.1, -0.05) is 28.1 Å². The summed E-state index contributed by atoms with van der Waals surface area (Å²) < 4.78 is 0.960. The maximum Gasteiger partial charge on any atom is 0.228 e. The van der Waals surface area contributed by atoms with Crippen molar-refractivity contribution in [1.29, 1.82) is 0 Å². The molecule has 0 radical (unpaired) electrons. The summed E-state index contributed by atoms with van der Waals surface area (Å²) in [6.45, 7) is 2.47. The van der Waals surface area contributed by atoms with Crippen molar-refractivity contribution in [3.63, 3.8) is 0 Å². The van der Waals surface area contributed by atoms with Crippen molar-refractivity contribution in [2.45, 2.75) is 19.8 Å². The lowest BCUT2D eigenvalue weighted by Gasteiger charge is -2.26. The van der Waals surface area contributed by atoms with E-state index in [0.29, 0.717) is 19.4 Å². The second-order valence-electron chi connectivity index (χ2n) is 5.05. The number of hydrogen-bond donors (Lipinski definition) is 2. The fraction of sp³-hybridized carbons (Fsp3) is 0.375. The number of allylic oxidation sites excluding steroid dienone is 2. The Balaban J connectivity index is 2.06. The summed E-state index contributed by atoms with van der Waals surface area (Å²) in [4.78, 5) is 24.5. The van der Waals surface area contributed by atoms with E-state index in [0.717, 1.165) is 10.2 Å². The van der Waals surface area contributed by atoms with Gasteiger partial charge in [-0.25, -0.2) is 0 Å². The predicted molar refractivity (Wildman–Crippen MR) is 86.8 cm³/mol. The number of benzene rings is 1. The van der Waals surface area contributed by atoms with Crippen LogP contribution in [0.4, 0.5) is 5.69 Å². The normalized spacial score (nSPS) is 20.9. The molecule has 0 aromatic heterocycles. The lowest BCUT2D eigenvalue weighted by molar-refractivity contribution is -0.132. The lowest BCUT2D eigenvalue weighted by atomic mass is 9.81. The minimum atomic E-state index is -0.315. The van der Waals surface area contributed by atoms with Gasteiger partial charge in [0.2, 0.25) is 11.8 Å². The molecule has 0 spiro atoms. The average molecular weight is 351 g/mol. The molecule has 0 heterocycles. The summed E-state index contributed by atoms with van der Waals surface area (Å²) in [5.74, 6) is -0.744. The Labute approximate surface area is 133 Å². The summed E-state index contributed by atoms with van der Waals surface area (Å²) in [5, 5.41) is 5.70. The molecule has 1 aromatic carbocycles. The molecule has 2 amide bonds. The molecule has 2 atom stereocenters. The van der Waals surface area contributed by atoms with Gasteiger partial charge in [0.05, 0.1) is 11.8 Å². The molecule has 0 bridgehead atoms. The van der Waals surface area contributed by atoms with Crippen molar-refractivity contribution >= 4 is 33.4 Å². The highest BCUT2D eigenvalue weighted by Crippen LogP contribution is 2.27. The van der Waals surface area contributed by atoms with Gasteiger partial charge in [-0.05, 0) is 44.0 Å². The maximum atomic E-state index is 12.4. The highest BCUT2D eigenvalue weighted by molar-refractivity contribution is 9.10. The highest BCUT2D eigenvalue weighted by Gasteiger charge is 2.33. The number of hydrogen-bond acceptors (Lipinski definition) is 2. The molecule has 1 aromatic rings. The molecule has 0 saturated carbocycles. The van der Waals surface area contributed by atoms with E-state index in [9.17, 15) is 9.59 Å². The van der Waals surface area contributed by atoms with E-state index in [-0.39, 0.29) is 23.7 Å². The standard InChI is InChI=1S/C16H19BrN2O2/c1-2-18-15(20)13-5-3-4-6-14(13)16(21)19-12-9-7-11(17)8-10-12/h3-4,7-10,13-14H,2,5-6H2,1H3,(H,18,20)(H,19,21). The second-order valence-corrected chi connectivity index (χ2v) is 5.96. The lowest BCUT2D eigenvalue weighted by Crippen LogP contribution is -2.40. The Morgan fingerprint density at radius 1 is 1.10 bits per heavy atom. The molecule has 0 saturated heterocycles. The summed E-state index contributed by atoms with van der Waals surface area (Å²) in [5.41, 5.74) is 0.743. The van der Waals surface area contributed by atoms with E-state index in [1.165, 1.54) is 0 Å². The number of carbonyl (C=O) groups is 2. The molecule has 1 aliphatic carbocycles. The predicted octanol–water partition coefficient (Wildman–Crippen LogP) is 3.11. The van der Waals surface area contributed by atoms with Crippen molar-refractivity contribution in [1.82, 2.24) is 5.32 Å². The van der Waals surface area contributed by atoms with Gasteiger partial charge < -0.3 is 10.6 Å². The highest BCUT2D eigenvalue weighted by atomic mass is 79.9. The third kappa shape index (κ3) is 4.17. The zero-order valence-electron chi connectivity index (χ0n) is 11.9. The Bertz CT molecular complexity index is 540. The summed E-state index contributed by atoms with van der Waals surface area (Å²) in [7, 11) is 0. The Morgan fingerprint density at radius 2 is 1.67 bits per heavy atom. The third-order valence-electron chi connectivity index (χ3n) is 3.57. The van der Waals surface area contributed by atoms with Crippen LogP contribution in [-0.2, 0) is 9.59 Å². The topological polar surface area (TPSA) is 58.2 Å². The van der Waals surface area contributed by atoms with Gasteiger partial charge in [-0.2, -0.15) is 0 Å². The molecule has 112 valence electrons. The van der Waals surface area contributed by atoms with Crippen molar-refractivity contribution in [2.24, 2.45) is 11.8 Å².